The molecule has 3 rings (SSSR count). The van der Waals surface area contributed by atoms with Crippen LogP contribution in [-0.2, 0) is 0 Å². The minimum Gasteiger partial charge on any atom is -0.489 e. The molecule has 0 amide bonds. The van der Waals surface area contributed by atoms with Crippen molar-refractivity contribution in [3.8, 4) is 11.5 Å². The molecule has 2 aromatic rings. The Hall–Kier alpha value is -1.49. The number of hydrogen-bond donors (Lipinski definition) is 1. The Balaban J connectivity index is 2.19. The summed E-state index contributed by atoms with van der Waals surface area (Å²) in [6.07, 6.45) is 0.933. The minimum atomic E-state index is 0.719. The van der Waals surface area contributed by atoms with Crippen molar-refractivity contribution < 1.29 is 9.47 Å². The normalized spacial score (nSPS) is 15.5. The number of aromatic amines is 1. The lowest BCUT2D eigenvalue weighted by atomic mass is 10.3. The van der Waals surface area contributed by atoms with Crippen LogP contribution in [-0.4, -0.2) is 33.4 Å². The van der Waals surface area contributed by atoms with Crippen LogP contribution in [0.4, 0.5) is 0 Å². The molecule has 0 radical (unpaired) electrons. The van der Waals surface area contributed by atoms with Gasteiger partial charge in [-0.15, -0.1) is 0 Å². The molecule has 0 spiro atoms. The van der Waals surface area contributed by atoms with E-state index < -0.39 is 0 Å². The third-order valence-electron chi connectivity index (χ3n) is 2.47. The molecule has 0 unspecified atom stereocenters. The topological polar surface area (TPSA) is 47.1 Å². The van der Waals surface area contributed by atoms with E-state index in [0.29, 0.717) is 0 Å². The first kappa shape index (κ1) is 8.79. The molecule has 1 aromatic heterocycles. The van der Waals surface area contributed by atoms with E-state index in [1.54, 1.807) is 0 Å². The van der Waals surface area contributed by atoms with Gasteiger partial charge in [0.05, 0.1) is 39.9 Å². The summed E-state index contributed by atoms with van der Waals surface area (Å²) in [6.45, 7) is 1.44. The largest absolute Gasteiger partial charge is 0.489 e. The van der Waals surface area contributed by atoms with E-state index in [0.717, 1.165) is 57.9 Å². The fourth-order valence-electron chi connectivity index (χ4n) is 1.79. The number of hydrogen-bond acceptors (Lipinski definition) is 3. The molecule has 0 saturated carbocycles. The van der Waals surface area contributed by atoms with E-state index in [9.17, 15) is 0 Å². The Kier molecular flexibility index (Phi) is 1.91. The lowest BCUT2D eigenvalue weighted by Crippen LogP contribution is -2.04. The van der Waals surface area contributed by atoms with Crippen LogP contribution in [0.15, 0.2) is 12.1 Å². The number of nitrogens with one attached hydrogen (secondary N) is 1. The number of fused-ring (bicyclic) bond motifs is 2. The monoisotopic (exact) mass is 220 g/mol. The molecular formula is C10H12N2O2Si. The van der Waals surface area contributed by atoms with Crippen LogP contribution in [0.25, 0.3) is 11.0 Å². The summed E-state index contributed by atoms with van der Waals surface area (Å²) in [5, 5.41) is 0. The Morgan fingerprint density at radius 2 is 1.93 bits per heavy atom. The molecule has 1 aliphatic rings. The van der Waals surface area contributed by atoms with Gasteiger partial charge < -0.3 is 14.5 Å². The van der Waals surface area contributed by atoms with E-state index in [1.807, 2.05) is 12.1 Å². The second kappa shape index (κ2) is 3.27. The summed E-state index contributed by atoms with van der Waals surface area (Å²) in [5.74, 6) is 1.64. The van der Waals surface area contributed by atoms with Crippen molar-refractivity contribution in [2.24, 2.45) is 0 Å². The molecule has 0 bridgehead atoms. The fourth-order valence-corrected chi connectivity index (χ4v) is 2.30. The third-order valence-corrected chi connectivity index (χ3v) is 2.94. The molecule has 5 heteroatoms. The number of H-pyrrole nitrogens is 1. The quantitative estimate of drug-likeness (QED) is 0.621. The van der Waals surface area contributed by atoms with Gasteiger partial charge in [0.1, 0.15) is 0 Å². The van der Waals surface area contributed by atoms with Crippen LogP contribution in [0.5, 0.6) is 11.5 Å². The van der Waals surface area contributed by atoms with E-state index in [1.165, 1.54) is 0 Å². The van der Waals surface area contributed by atoms with Gasteiger partial charge in [0, 0.05) is 18.6 Å². The average Bonchev–Trinajstić information content (AvgIpc) is 2.44. The number of rotatable bonds is 0. The predicted octanol–water partition coefficient (Wildman–Crippen LogP) is -0.285. The summed E-state index contributed by atoms with van der Waals surface area (Å²) in [6, 6.07) is 3.93. The van der Waals surface area contributed by atoms with Crippen molar-refractivity contribution in [2.45, 2.75) is 6.42 Å². The molecule has 1 aromatic carbocycles. The fraction of sp³-hybridized carbons (Fsp3) is 0.300. The van der Waals surface area contributed by atoms with Crippen molar-refractivity contribution in [2.75, 3.05) is 13.2 Å². The third kappa shape index (κ3) is 1.48. The van der Waals surface area contributed by atoms with E-state index in [4.69, 9.17) is 9.47 Å². The Morgan fingerprint density at radius 3 is 2.73 bits per heavy atom. The first-order chi connectivity index (χ1) is 7.33. The zero-order valence-electron chi connectivity index (χ0n) is 8.54. The molecular weight excluding hydrogens is 208 g/mol. The van der Waals surface area contributed by atoms with Crippen LogP contribution in [0.2, 0.25) is 0 Å². The second-order valence-corrected chi connectivity index (χ2v) is 4.64. The highest BCUT2D eigenvalue weighted by molar-refractivity contribution is 6.30. The van der Waals surface area contributed by atoms with Crippen molar-refractivity contribution in [1.29, 1.82) is 0 Å². The first-order valence-corrected chi connectivity index (χ1v) is 6.09. The molecule has 1 N–H and O–H groups in total. The minimum absolute atomic E-state index is 0.719. The van der Waals surface area contributed by atoms with Crippen molar-refractivity contribution in [1.82, 2.24) is 9.97 Å². The van der Waals surface area contributed by atoms with Crippen LogP contribution in [0.3, 0.4) is 0 Å². The van der Waals surface area contributed by atoms with Gasteiger partial charge in [0.15, 0.2) is 11.5 Å². The molecule has 78 valence electrons. The first-order valence-electron chi connectivity index (χ1n) is 5.09. The van der Waals surface area contributed by atoms with Gasteiger partial charge in [0.25, 0.3) is 0 Å². The van der Waals surface area contributed by atoms with Crippen molar-refractivity contribution >= 4 is 26.7 Å². The standard InChI is InChI=1S/C10H12N2O2Si/c15-10-11-6-4-8-9(5-7(6)12-10)14-3-1-2-13-8/h4-5H,1-3H2,15H3,(H,11,12). The highest BCUT2D eigenvalue weighted by Crippen LogP contribution is 2.32. The number of nitrogens with zero attached hydrogens (tertiary/aromatic N) is 1. The Morgan fingerprint density at radius 1 is 1.20 bits per heavy atom. The van der Waals surface area contributed by atoms with E-state index in [2.05, 4.69) is 9.97 Å². The smallest absolute Gasteiger partial charge is 0.163 e. The molecule has 0 atom stereocenters. The molecule has 0 fully saturated rings. The van der Waals surface area contributed by atoms with Gasteiger partial charge in [-0.05, 0) is 0 Å². The van der Waals surface area contributed by atoms with Crippen LogP contribution in [0.1, 0.15) is 6.42 Å². The summed E-state index contributed by atoms with van der Waals surface area (Å²) >= 11 is 0. The lowest BCUT2D eigenvalue weighted by molar-refractivity contribution is 0.297. The second-order valence-electron chi connectivity index (χ2n) is 3.69. The van der Waals surface area contributed by atoms with Crippen LogP contribution in [0, 0.1) is 0 Å². The number of aromatic nitrogens is 2. The SMILES string of the molecule is [SiH3]c1nc2cc3c(cc2[nH]1)OCCCO3. The lowest BCUT2D eigenvalue weighted by Gasteiger charge is -2.05. The maximum absolute atomic E-state index is 5.60. The van der Waals surface area contributed by atoms with Gasteiger partial charge in [0.2, 0.25) is 0 Å². The number of ether oxygens (including phenoxy) is 2. The van der Waals surface area contributed by atoms with E-state index >= 15 is 0 Å². The molecule has 2 heterocycles. The van der Waals surface area contributed by atoms with Crippen molar-refractivity contribution in [3.63, 3.8) is 0 Å². The molecule has 1 aliphatic heterocycles. The Labute approximate surface area is 90.0 Å². The summed E-state index contributed by atoms with van der Waals surface area (Å²) < 4.78 is 11.2. The van der Waals surface area contributed by atoms with Gasteiger partial charge in [-0.25, -0.2) is 4.98 Å². The maximum atomic E-state index is 5.60. The maximum Gasteiger partial charge on any atom is 0.163 e. The zero-order valence-corrected chi connectivity index (χ0v) is 10.5. The highest BCUT2D eigenvalue weighted by atomic mass is 28.1. The summed E-state index contributed by atoms with van der Waals surface area (Å²) in [7, 11) is 0.928. The number of imidazole rings is 1. The van der Waals surface area contributed by atoms with Gasteiger partial charge in [-0.3, -0.25) is 0 Å². The predicted molar refractivity (Wildman–Crippen MR) is 61.3 cm³/mol. The molecule has 0 aliphatic carbocycles. The van der Waals surface area contributed by atoms with Gasteiger partial charge in [-0.2, -0.15) is 0 Å². The van der Waals surface area contributed by atoms with Crippen LogP contribution >= 0.6 is 0 Å². The Bertz CT molecular complexity index is 466. The average molecular weight is 220 g/mol. The van der Waals surface area contributed by atoms with Gasteiger partial charge >= 0.3 is 0 Å². The molecule has 0 saturated heterocycles. The number of benzene rings is 1. The molecule has 4 nitrogen and oxygen atoms in total. The summed E-state index contributed by atoms with van der Waals surface area (Å²) in [4.78, 5) is 7.67. The summed E-state index contributed by atoms with van der Waals surface area (Å²) in [5.41, 5.74) is 3.04. The van der Waals surface area contributed by atoms with Crippen LogP contribution < -0.4 is 14.9 Å². The van der Waals surface area contributed by atoms with Crippen molar-refractivity contribution in [3.05, 3.63) is 12.1 Å². The van der Waals surface area contributed by atoms with E-state index in [-0.39, 0.29) is 0 Å². The van der Waals surface area contributed by atoms with Gasteiger partial charge in [-0.1, -0.05) is 0 Å². The zero-order chi connectivity index (χ0) is 10.3. The molecule has 15 heavy (non-hydrogen) atoms. The highest BCUT2D eigenvalue weighted by Gasteiger charge is 2.12.